The van der Waals surface area contributed by atoms with Crippen molar-refractivity contribution in [1.82, 2.24) is 4.90 Å². The van der Waals surface area contributed by atoms with E-state index in [0.717, 1.165) is 6.42 Å². The molecule has 1 aliphatic carbocycles. The van der Waals surface area contributed by atoms with Gasteiger partial charge in [-0.05, 0) is 32.6 Å². The lowest BCUT2D eigenvalue weighted by Gasteiger charge is -2.51. The SMILES string of the molecule is CCC(CSC)N(C)C1(CN)CCCCC1OC. The van der Waals surface area contributed by atoms with Gasteiger partial charge in [0.15, 0.2) is 0 Å². The molecule has 0 aromatic heterocycles. The highest BCUT2D eigenvalue weighted by Gasteiger charge is 2.45. The third-order valence-electron chi connectivity index (χ3n) is 4.64. The van der Waals surface area contributed by atoms with Crippen molar-refractivity contribution in [2.45, 2.75) is 56.7 Å². The van der Waals surface area contributed by atoms with E-state index >= 15 is 0 Å². The Morgan fingerprint density at radius 3 is 2.72 bits per heavy atom. The summed E-state index contributed by atoms with van der Waals surface area (Å²) in [5, 5.41) is 0. The van der Waals surface area contributed by atoms with Gasteiger partial charge in [-0.25, -0.2) is 0 Å². The van der Waals surface area contributed by atoms with Crippen molar-refractivity contribution in [3.8, 4) is 0 Å². The summed E-state index contributed by atoms with van der Waals surface area (Å²) in [6.45, 7) is 2.97. The monoisotopic (exact) mass is 274 g/mol. The molecule has 0 heterocycles. The van der Waals surface area contributed by atoms with Crippen LogP contribution in [0.5, 0.6) is 0 Å². The van der Waals surface area contributed by atoms with Crippen LogP contribution in [-0.4, -0.2) is 55.3 Å². The van der Waals surface area contributed by atoms with Crippen molar-refractivity contribution in [3.05, 3.63) is 0 Å². The smallest absolute Gasteiger partial charge is 0.0767 e. The second-order valence-electron chi connectivity index (χ2n) is 5.41. The highest BCUT2D eigenvalue weighted by Crippen LogP contribution is 2.36. The third-order valence-corrected chi connectivity index (χ3v) is 5.36. The number of nitrogens with zero attached hydrogens (tertiary/aromatic N) is 1. The highest BCUT2D eigenvalue weighted by atomic mass is 32.2. The fraction of sp³-hybridized carbons (Fsp3) is 1.00. The molecule has 3 atom stereocenters. The van der Waals surface area contributed by atoms with Crippen LogP contribution in [0.4, 0.5) is 0 Å². The van der Waals surface area contributed by atoms with Gasteiger partial charge in [0.05, 0.1) is 11.6 Å². The van der Waals surface area contributed by atoms with Gasteiger partial charge in [0, 0.05) is 25.4 Å². The van der Waals surface area contributed by atoms with E-state index in [4.69, 9.17) is 10.5 Å². The predicted molar refractivity (Wildman–Crippen MR) is 81.3 cm³/mol. The summed E-state index contributed by atoms with van der Waals surface area (Å²) in [6, 6.07) is 0.597. The first-order valence-electron chi connectivity index (χ1n) is 7.11. The molecule has 108 valence electrons. The number of hydrogen-bond acceptors (Lipinski definition) is 4. The van der Waals surface area contributed by atoms with Gasteiger partial charge in [-0.15, -0.1) is 0 Å². The van der Waals surface area contributed by atoms with Gasteiger partial charge in [-0.1, -0.05) is 19.8 Å². The molecule has 0 saturated heterocycles. The molecule has 1 saturated carbocycles. The second-order valence-corrected chi connectivity index (χ2v) is 6.32. The summed E-state index contributed by atoms with van der Waals surface area (Å²) in [6.07, 6.45) is 8.51. The molecule has 0 bridgehead atoms. The van der Waals surface area contributed by atoms with Crippen LogP contribution in [0.15, 0.2) is 0 Å². The van der Waals surface area contributed by atoms with Crippen molar-refractivity contribution in [3.63, 3.8) is 0 Å². The summed E-state index contributed by atoms with van der Waals surface area (Å²) >= 11 is 1.92. The lowest BCUT2D eigenvalue weighted by atomic mass is 9.77. The Kier molecular flexibility index (Phi) is 6.99. The molecule has 0 aromatic rings. The number of thioether (sulfide) groups is 1. The Morgan fingerprint density at radius 1 is 1.50 bits per heavy atom. The number of rotatable bonds is 7. The molecule has 3 unspecified atom stereocenters. The van der Waals surface area contributed by atoms with Gasteiger partial charge in [0.1, 0.15) is 0 Å². The molecular weight excluding hydrogens is 244 g/mol. The van der Waals surface area contributed by atoms with Gasteiger partial charge >= 0.3 is 0 Å². The maximum absolute atomic E-state index is 6.17. The Labute approximate surface area is 117 Å². The van der Waals surface area contributed by atoms with E-state index in [2.05, 4.69) is 25.1 Å². The molecule has 0 aliphatic heterocycles. The van der Waals surface area contributed by atoms with Crippen LogP contribution in [0.3, 0.4) is 0 Å². The minimum Gasteiger partial charge on any atom is -0.379 e. The van der Waals surface area contributed by atoms with Gasteiger partial charge in [0.2, 0.25) is 0 Å². The van der Waals surface area contributed by atoms with Crippen LogP contribution in [-0.2, 0) is 4.74 Å². The van der Waals surface area contributed by atoms with E-state index < -0.39 is 0 Å². The molecule has 3 nitrogen and oxygen atoms in total. The molecule has 1 aliphatic rings. The number of nitrogens with two attached hydrogens (primary N) is 1. The van der Waals surface area contributed by atoms with Crippen molar-refractivity contribution in [2.24, 2.45) is 5.73 Å². The Bertz CT molecular complexity index is 240. The van der Waals surface area contributed by atoms with Crippen LogP contribution in [0.2, 0.25) is 0 Å². The van der Waals surface area contributed by atoms with E-state index in [1.807, 2.05) is 18.9 Å². The van der Waals surface area contributed by atoms with E-state index in [1.165, 1.54) is 31.4 Å². The van der Waals surface area contributed by atoms with Gasteiger partial charge in [-0.2, -0.15) is 11.8 Å². The van der Waals surface area contributed by atoms with E-state index in [0.29, 0.717) is 12.6 Å². The standard InChI is InChI=1S/C14H30N2OS/c1-5-12(10-18-4)16(2)14(11-15)9-7-6-8-13(14)17-3/h12-13H,5-11,15H2,1-4H3. The summed E-state index contributed by atoms with van der Waals surface area (Å²) in [5.74, 6) is 1.17. The molecule has 0 amide bonds. The second kappa shape index (κ2) is 7.73. The largest absolute Gasteiger partial charge is 0.379 e. The van der Waals surface area contributed by atoms with Crippen molar-refractivity contribution in [2.75, 3.05) is 32.7 Å². The van der Waals surface area contributed by atoms with Crippen LogP contribution >= 0.6 is 11.8 Å². The van der Waals surface area contributed by atoms with Crippen LogP contribution in [0, 0.1) is 0 Å². The number of ether oxygens (including phenoxy) is 1. The van der Waals surface area contributed by atoms with E-state index in [-0.39, 0.29) is 11.6 Å². The zero-order valence-corrected chi connectivity index (χ0v) is 13.3. The van der Waals surface area contributed by atoms with Gasteiger partial charge in [-0.3, -0.25) is 4.90 Å². The minimum atomic E-state index is 0.0450. The molecule has 0 radical (unpaired) electrons. The normalized spacial score (nSPS) is 30.7. The first-order chi connectivity index (χ1) is 8.66. The average molecular weight is 274 g/mol. The first kappa shape index (κ1) is 16.3. The molecular formula is C14H30N2OS. The summed E-state index contributed by atoms with van der Waals surface area (Å²) in [4.78, 5) is 2.52. The predicted octanol–water partition coefficient (Wildman–Crippen LogP) is 2.35. The third kappa shape index (κ3) is 3.21. The maximum atomic E-state index is 6.17. The lowest BCUT2D eigenvalue weighted by Crippen LogP contribution is -2.64. The molecule has 1 rings (SSSR count). The molecule has 0 spiro atoms. The Morgan fingerprint density at radius 2 is 2.22 bits per heavy atom. The quantitative estimate of drug-likeness (QED) is 0.773. The zero-order valence-electron chi connectivity index (χ0n) is 12.4. The number of methoxy groups -OCH3 is 1. The van der Waals surface area contributed by atoms with Crippen LogP contribution in [0.25, 0.3) is 0 Å². The van der Waals surface area contributed by atoms with Crippen molar-refractivity contribution < 1.29 is 4.74 Å². The molecule has 0 aromatic carbocycles. The van der Waals surface area contributed by atoms with Crippen LogP contribution in [0.1, 0.15) is 39.0 Å². The topological polar surface area (TPSA) is 38.5 Å². The average Bonchev–Trinajstić information content (AvgIpc) is 2.43. The molecule has 2 N–H and O–H groups in total. The van der Waals surface area contributed by atoms with Gasteiger partial charge in [0.25, 0.3) is 0 Å². The minimum absolute atomic E-state index is 0.0450. The summed E-state index contributed by atoms with van der Waals surface area (Å²) in [5.41, 5.74) is 6.21. The van der Waals surface area contributed by atoms with Crippen molar-refractivity contribution in [1.29, 1.82) is 0 Å². The van der Waals surface area contributed by atoms with Crippen LogP contribution < -0.4 is 5.73 Å². The molecule has 4 heteroatoms. The number of hydrogen-bond donors (Lipinski definition) is 1. The molecule has 18 heavy (non-hydrogen) atoms. The maximum Gasteiger partial charge on any atom is 0.0767 e. The van der Waals surface area contributed by atoms with E-state index in [1.54, 1.807) is 0 Å². The fourth-order valence-corrected chi connectivity index (χ4v) is 4.21. The zero-order chi connectivity index (χ0) is 13.6. The Balaban J connectivity index is 2.89. The summed E-state index contributed by atoms with van der Waals surface area (Å²) in [7, 11) is 4.08. The number of likely N-dealkylation sites (N-methyl/N-ethyl adjacent to an activating group) is 1. The Hall–Kier alpha value is 0.230. The highest BCUT2D eigenvalue weighted by molar-refractivity contribution is 7.98. The first-order valence-corrected chi connectivity index (χ1v) is 8.50. The van der Waals surface area contributed by atoms with E-state index in [9.17, 15) is 0 Å². The summed E-state index contributed by atoms with van der Waals surface area (Å²) < 4.78 is 5.76. The van der Waals surface area contributed by atoms with Crippen molar-refractivity contribution >= 4 is 11.8 Å². The lowest BCUT2D eigenvalue weighted by molar-refractivity contribution is -0.0780. The van der Waals surface area contributed by atoms with Gasteiger partial charge < -0.3 is 10.5 Å². The molecule has 1 fully saturated rings. The fourth-order valence-electron chi connectivity index (χ4n) is 3.37.